The number of aromatic nitrogens is 4. The zero-order chi connectivity index (χ0) is 21.9. The molecule has 0 saturated carbocycles. The fourth-order valence-electron chi connectivity index (χ4n) is 4.43. The predicted molar refractivity (Wildman–Crippen MR) is 128 cm³/mol. The van der Waals surface area contributed by atoms with Gasteiger partial charge in [0.25, 0.3) is 0 Å². The van der Waals surface area contributed by atoms with Crippen molar-refractivity contribution < 1.29 is 4.52 Å². The number of aryl methyl sites for hydroxylation is 2. The average molecular weight is 466 g/mol. The summed E-state index contributed by atoms with van der Waals surface area (Å²) in [5, 5.41) is 11.4. The Morgan fingerprint density at radius 2 is 2.06 bits per heavy atom. The first kappa shape index (κ1) is 21.3. The van der Waals surface area contributed by atoms with Gasteiger partial charge in [0.2, 0.25) is 0 Å². The van der Waals surface area contributed by atoms with E-state index in [2.05, 4.69) is 62.5 Å². The van der Waals surface area contributed by atoms with Crippen LogP contribution in [0.4, 0.5) is 0 Å². The SMILES string of the molecule is Cc1cc(C2CCCN2Cn2nc(Cc3cccs3)n(CCc3ccccc3)c2=S)no1. The first-order valence-corrected chi connectivity index (χ1v) is 12.4. The van der Waals surface area contributed by atoms with Crippen LogP contribution >= 0.6 is 23.6 Å². The van der Waals surface area contributed by atoms with E-state index in [0.717, 1.165) is 60.8 Å². The monoisotopic (exact) mass is 465 g/mol. The van der Waals surface area contributed by atoms with Crippen molar-refractivity contribution in [1.29, 1.82) is 0 Å². The fraction of sp³-hybridized carbons (Fsp3) is 0.375. The average Bonchev–Trinajstić information content (AvgIpc) is 3.59. The predicted octanol–water partition coefficient (Wildman–Crippen LogP) is 5.40. The second kappa shape index (κ2) is 9.52. The number of hydrogen-bond donors (Lipinski definition) is 0. The maximum Gasteiger partial charge on any atom is 0.199 e. The molecule has 1 aliphatic rings. The van der Waals surface area contributed by atoms with Crippen LogP contribution in [0, 0.1) is 11.7 Å². The Bertz CT molecular complexity index is 1210. The van der Waals surface area contributed by atoms with Crippen LogP contribution < -0.4 is 0 Å². The molecule has 1 fully saturated rings. The zero-order valence-corrected chi connectivity index (χ0v) is 19.8. The zero-order valence-electron chi connectivity index (χ0n) is 18.2. The second-order valence-corrected chi connectivity index (χ2v) is 9.71. The molecule has 3 aromatic heterocycles. The molecule has 1 aliphatic heterocycles. The summed E-state index contributed by atoms with van der Waals surface area (Å²) in [7, 11) is 0. The van der Waals surface area contributed by atoms with E-state index in [4.69, 9.17) is 21.8 Å². The lowest BCUT2D eigenvalue weighted by Crippen LogP contribution is -2.27. The minimum atomic E-state index is 0.254. The van der Waals surface area contributed by atoms with Crippen LogP contribution in [0.25, 0.3) is 0 Å². The third kappa shape index (κ3) is 4.62. The van der Waals surface area contributed by atoms with Gasteiger partial charge in [-0.15, -0.1) is 11.3 Å². The topological polar surface area (TPSA) is 52.0 Å². The van der Waals surface area contributed by atoms with Crippen molar-refractivity contribution in [2.45, 2.75) is 51.9 Å². The van der Waals surface area contributed by atoms with Crippen molar-refractivity contribution in [3.8, 4) is 0 Å². The lowest BCUT2D eigenvalue weighted by molar-refractivity contribution is 0.182. The molecule has 5 rings (SSSR count). The largest absolute Gasteiger partial charge is 0.361 e. The molecule has 0 radical (unpaired) electrons. The smallest absolute Gasteiger partial charge is 0.199 e. The fourth-order valence-corrected chi connectivity index (χ4v) is 5.43. The highest BCUT2D eigenvalue weighted by Gasteiger charge is 2.29. The van der Waals surface area contributed by atoms with Gasteiger partial charge >= 0.3 is 0 Å². The molecule has 6 nitrogen and oxygen atoms in total. The van der Waals surface area contributed by atoms with Crippen LogP contribution in [0.3, 0.4) is 0 Å². The molecular formula is C24H27N5OS2. The summed E-state index contributed by atoms with van der Waals surface area (Å²) in [6.45, 7) is 4.45. The molecule has 4 heterocycles. The molecule has 4 aromatic rings. The lowest BCUT2D eigenvalue weighted by atomic mass is 10.1. The number of benzene rings is 1. The van der Waals surface area contributed by atoms with Crippen LogP contribution in [0.1, 0.15) is 46.6 Å². The molecule has 1 unspecified atom stereocenters. The van der Waals surface area contributed by atoms with E-state index in [1.165, 1.54) is 10.4 Å². The van der Waals surface area contributed by atoms with Crippen LogP contribution in [0.15, 0.2) is 58.4 Å². The molecule has 0 N–H and O–H groups in total. The third-order valence-electron chi connectivity index (χ3n) is 6.05. The Morgan fingerprint density at radius 1 is 1.19 bits per heavy atom. The molecule has 1 atom stereocenters. The van der Waals surface area contributed by atoms with Crippen LogP contribution in [0.2, 0.25) is 0 Å². The molecule has 0 aliphatic carbocycles. The number of hydrogen-bond acceptors (Lipinski definition) is 6. The summed E-state index contributed by atoms with van der Waals surface area (Å²) in [4.78, 5) is 3.71. The minimum Gasteiger partial charge on any atom is -0.361 e. The van der Waals surface area contributed by atoms with Gasteiger partial charge in [-0.2, -0.15) is 5.10 Å². The Morgan fingerprint density at radius 3 is 2.81 bits per heavy atom. The molecular weight excluding hydrogens is 438 g/mol. The summed E-state index contributed by atoms with van der Waals surface area (Å²) in [6.07, 6.45) is 3.95. The molecule has 32 heavy (non-hydrogen) atoms. The van der Waals surface area contributed by atoms with Crippen LogP contribution in [0.5, 0.6) is 0 Å². The van der Waals surface area contributed by atoms with Crippen molar-refractivity contribution >= 4 is 23.6 Å². The summed E-state index contributed by atoms with van der Waals surface area (Å²) in [6, 6.07) is 17.1. The molecule has 0 amide bonds. The Hall–Kier alpha value is -2.55. The molecule has 1 saturated heterocycles. The summed E-state index contributed by atoms with van der Waals surface area (Å²) in [5.41, 5.74) is 2.32. The van der Waals surface area contributed by atoms with E-state index >= 15 is 0 Å². The van der Waals surface area contributed by atoms with Crippen molar-refractivity contribution in [2.24, 2.45) is 0 Å². The van der Waals surface area contributed by atoms with Crippen LogP contribution in [-0.2, 0) is 26.1 Å². The molecule has 8 heteroatoms. The van der Waals surface area contributed by atoms with Crippen molar-refractivity contribution in [3.05, 3.63) is 86.4 Å². The van der Waals surface area contributed by atoms with Gasteiger partial charge in [-0.1, -0.05) is 41.6 Å². The highest BCUT2D eigenvalue weighted by Crippen LogP contribution is 2.32. The third-order valence-corrected chi connectivity index (χ3v) is 7.35. The Balaban J connectivity index is 1.40. The van der Waals surface area contributed by atoms with E-state index in [1.54, 1.807) is 11.3 Å². The van der Waals surface area contributed by atoms with Gasteiger partial charge in [0.1, 0.15) is 17.3 Å². The van der Waals surface area contributed by atoms with Crippen molar-refractivity contribution in [1.82, 2.24) is 24.4 Å². The molecule has 0 bridgehead atoms. The van der Waals surface area contributed by atoms with Gasteiger partial charge in [-0.25, -0.2) is 4.68 Å². The summed E-state index contributed by atoms with van der Waals surface area (Å²) in [5.74, 6) is 1.88. The lowest BCUT2D eigenvalue weighted by Gasteiger charge is -2.22. The first-order valence-electron chi connectivity index (χ1n) is 11.1. The van der Waals surface area contributed by atoms with Gasteiger partial charge in [0.15, 0.2) is 4.77 Å². The van der Waals surface area contributed by atoms with E-state index in [1.807, 2.05) is 17.7 Å². The standard InChI is InChI=1S/C24H27N5OS2/c1-18-15-21(26-30-18)22-10-5-12-27(22)17-29-24(31)28(13-11-19-7-3-2-4-8-19)23(25-29)16-20-9-6-14-32-20/h2-4,6-9,14-15,22H,5,10-13,16-17H2,1H3. The van der Waals surface area contributed by atoms with E-state index in [9.17, 15) is 0 Å². The number of thiophene rings is 1. The number of likely N-dealkylation sites (tertiary alicyclic amines) is 1. The van der Waals surface area contributed by atoms with Crippen molar-refractivity contribution in [3.63, 3.8) is 0 Å². The molecule has 1 aromatic carbocycles. The van der Waals surface area contributed by atoms with E-state index < -0.39 is 0 Å². The highest BCUT2D eigenvalue weighted by molar-refractivity contribution is 7.71. The highest BCUT2D eigenvalue weighted by atomic mass is 32.1. The normalized spacial score (nSPS) is 16.7. The van der Waals surface area contributed by atoms with Crippen LogP contribution in [-0.4, -0.2) is 30.9 Å². The Kier molecular flexibility index (Phi) is 6.34. The second-order valence-electron chi connectivity index (χ2n) is 8.32. The van der Waals surface area contributed by atoms with Gasteiger partial charge in [0, 0.05) is 30.5 Å². The van der Waals surface area contributed by atoms with E-state index in [-0.39, 0.29) is 6.04 Å². The van der Waals surface area contributed by atoms with Gasteiger partial charge < -0.3 is 9.09 Å². The van der Waals surface area contributed by atoms with E-state index in [0.29, 0.717) is 6.67 Å². The quantitative estimate of drug-likeness (QED) is 0.326. The minimum absolute atomic E-state index is 0.254. The summed E-state index contributed by atoms with van der Waals surface area (Å²) < 4.78 is 10.3. The van der Waals surface area contributed by atoms with Gasteiger partial charge in [0.05, 0.1) is 12.7 Å². The van der Waals surface area contributed by atoms with Gasteiger partial charge in [-0.3, -0.25) is 4.90 Å². The molecule has 166 valence electrons. The summed E-state index contributed by atoms with van der Waals surface area (Å²) >= 11 is 7.69. The van der Waals surface area contributed by atoms with Crippen molar-refractivity contribution in [2.75, 3.05) is 6.54 Å². The first-order chi connectivity index (χ1) is 15.7. The molecule has 0 spiro atoms. The maximum atomic E-state index is 5.92. The number of rotatable bonds is 8. The van der Waals surface area contributed by atoms with Gasteiger partial charge in [-0.05, 0) is 55.4 Å². The Labute approximate surface area is 197 Å². The maximum absolute atomic E-state index is 5.92. The number of nitrogens with zero attached hydrogens (tertiary/aromatic N) is 5.